The van der Waals surface area contributed by atoms with Gasteiger partial charge in [0.15, 0.2) is 17.8 Å². The molecule has 0 aliphatic carbocycles. The Labute approximate surface area is 193 Å². The lowest BCUT2D eigenvalue weighted by molar-refractivity contribution is -0.132. The Bertz CT molecular complexity index is 1090. The molecule has 3 aromatic rings. The summed E-state index contributed by atoms with van der Waals surface area (Å²) in [6.45, 7) is 8.16. The Kier molecular flexibility index (Phi) is 8.07. The first kappa shape index (κ1) is 23.8. The van der Waals surface area contributed by atoms with Crippen molar-refractivity contribution in [1.82, 2.24) is 15.8 Å². The zero-order valence-electron chi connectivity index (χ0n) is 19.3. The van der Waals surface area contributed by atoms with Crippen LogP contribution < -0.4 is 20.3 Å². The average Bonchev–Trinajstić information content (AvgIpc) is 3.28. The van der Waals surface area contributed by atoms with E-state index in [1.807, 2.05) is 32.0 Å². The Morgan fingerprint density at radius 1 is 1.03 bits per heavy atom. The van der Waals surface area contributed by atoms with Crippen LogP contribution in [0.15, 0.2) is 53.1 Å². The highest BCUT2D eigenvalue weighted by atomic mass is 16.5. The van der Waals surface area contributed by atoms with Gasteiger partial charge in [0.05, 0.1) is 12.8 Å². The van der Waals surface area contributed by atoms with Crippen molar-refractivity contribution in [1.29, 1.82) is 0 Å². The summed E-state index contributed by atoms with van der Waals surface area (Å²) in [6, 6.07) is 13.0. The molecule has 0 fully saturated rings. The first-order valence-electron chi connectivity index (χ1n) is 10.9. The number of nitrogens with one attached hydrogen (secondary N) is 2. The van der Waals surface area contributed by atoms with E-state index in [1.54, 1.807) is 37.4 Å². The summed E-state index contributed by atoms with van der Waals surface area (Å²) >= 11 is 0. The fourth-order valence-corrected chi connectivity index (χ4v) is 3.01. The number of oxazole rings is 1. The fraction of sp³-hybridized carbons (Fsp3) is 0.320. The van der Waals surface area contributed by atoms with Crippen molar-refractivity contribution >= 4 is 11.8 Å². The van der Waals surface area contributed by atoms with Gasteiger partial charge in [0.1, 0.15) is 11.5 Å². The van der Waals surface area contributed by atoms with E-state index >= 15 is 0 Å². The third-order valence-corrected chi connectivity index (χ3v) is 5.05. The molecule has 0 radical (unpaired) electrons. The molecule has 8 heteroatoms. The number of aromatic nitrogens is 1. The van der Waals surface area contributed by atoms with Crippen molar-refractivity contribution in [2.45, 2.75) is 46.6 Å². The molecule has 2 aromatic carbocycles. The summed E-state index contributed by atoms with van der Waals surface area (Å²) < 4.78 is 16.7. The van der Waals surface area contributed by atoms with Crippen molar-refractivity contribution in [3.63, 3.8) is 0 Å². The number of hydrogen-bond acceptors (Lipinski definition) is 6. The summed E-state index contributed by atoms with van der Waals surface area (Å²) in [5.41, 5.74) is 8.08. The number of carbonyl (C=O) groups excluding carboxylic acids is 2. The second-order valence-corrected chi connectivity index (χ2v) is 7.62. The van der Waals surface area contributed by atoms with Crippen LogP contribution in [0.4, 0.5) is 0 Å². The standard InChI is InChI=1S/C25H29N3O5/c1-5-31-20-8-10-21(11-9-20)32-18(4)25(30)28-27-23(29)12-13-24-26-15-22(33-24)19-7-6-16(2)17(3)14-19/h6-11,14-15,18H,5,12-13H2,1-4H3,(H,27,29)(H,28,30). The van der Waals surface area contributed by atoms with Crippen LogP contribution in [0.1, 0.15) is 37.3 Å². The lowest BCUT2D eigenvalue weighted by Crippen LogP contribution is -2.47. The smallest absolute Gasteiger partial charge is 0.279 e. The van der Waals surface area contributed by atoms with Gasteiger partial charge in [-0.2, -0.15) is 0 Å². The summed E-state index contributed by atoms with van der Waals surface area (Å²) in [6.07, 6.45) is 1.28. The number of rotatable bonds is 9. The number of aryl methyl sites for hydroxylation is 3. The molecule has 1 unspecified atom stereocenters. The summed E-state index contributed by atoms with van der Waals surface area (Å²) in [4.78, 5) is 28.6. The number of benzene rings is 2. The van der Waals surface area contributed by atoms with Gasteiger partial charge in [-0.1, -0.05) is 12.1 Å². The molecule has 0 spiro atoms. The minimum absolute atomic E-state index is 0.112. The maximum Gasteiger partial charge on any atom is 0.279 e. The van der Waals surface area contributed by atoms with E-state index in [0.29, 0.717) is 30.4 Å². The molecular formula is C25H29N3O5. The van der Waals surface area contributed by atoms with Crippen molar-refractivity contribution in [3.8, 4) is 22.8 Å². The van der Waals surface area contributed by atoms with Crippen LogP contribution in [0.25, 0.3) is 11.3 Å². The minimum Gasteiger partial charge on any atom is -0.494 e. The Balaban J connectivity index is 1.42. The Morgan fingerprint density at radius 3 is 2.45 bits per heavy atom. The second kappa shape index (κ2) is 11.2. The van der Waals surface area contributed by atoms with E-state index in [2.05, 4.69) is 22.8 Å². The van der Waals surface area contributed by atoms with E-state index in [1.165, 1.54) is 11.1 Å². The molecule has 2 amide bonds. The molecule has 8 nitrogen and oxygen atoms in total. The van der Waals surface area contributed by atoms with Crippen LogP contribution >= 0.6 is 0 Å². The van der Waals surface area contributed by atoms with Crippen LogP contribution in [-0.4, -0.2) is 29.5 Å². The molecule has 0 bridgehead atoms. The lowest BCUT2D eigenvalue weighted by atomic mass is 10.1. The van der Waals surface area contributed by atoms with Crippen LogP contribution in [0, 0.1) is 13.8 Å². The SMILES string of the molecule is CCOc1ccc(OC(C)C(=O)NNC(=O)CCc2ncc(-c3ccc(C)c(C)c3)o2)cc1. The number of hydrazine groups is 1. The van der Waals surface area contributed by atoms with Crippen molar-refractivity contribution < 1.29 is 23.5 Å². The number of nitrogens with zero attached hydrogens (tertiary/aromatic N) is 1. The lowest BCUT2D eigenvalue weighted by Gasteiger charge is -2.15. The maximum atomic E-state index is 12.2. The van der Waals surface area contributed by atoms with Crippen LogP contribution in [-0.2, 0) is 16.0 Å². The molecule has 0 aliphatic rings. The van der Waals surface area contributed by atoms with Crippen LogP contribution in [0.3, 0.4) is 0 Å². The first-order valence-corrected chi connectivity index (χ1v) is 10.9. The van der Waals surface area contributed by atoms with Crippen LogP contribution in [0.5, 0.6) is 11.5 Å². The normalized spacial score (nSPS) is 11.5. The molecule has 0 saturated carbocycles. The summed E-state index contributed by atoms with van der Waals surface area (Å²) in [7, 11) is 0. The molecule has 1 heterocycles. The van der Waals surface area contributed by atoms with Gasteiger partial charge in [0.2, 0.25) is 5.91 Å². The second-order valence-electron chi connectivity index (χ2n) is 7.62. The fourth-order valence-electron chi connectivity index (χ4n) is 3.01. The third kappa shape index (κ3) is 6.83. The largest absolute Gasteiger partial charge is 0.494 e. The molecule has 33 heavy (non-hydrogen) atoms. The number of carbonyl (C=O) groups is 2. The topological polar surface area (TPSA) is 103 Å². The van der Waals surface area contributed by atoms with Gasteiger partial charge in [-0.25, -0.2) is 4.98 Å². The van der Waals surface area contributed by atoms with Gasteiger partial charge < -0.3 is 13.9 Å². The van der Waals surface area contributed by atoms with Gasteiger partial charge in [0.25, 0.3) is 5.91 Å². The van der Waals surface area contributed by atoms with Crippen molar-refractivity contribution in [2.75, 3.05) is 6.61 Å². The van der Waals surface area contributed by atoms with Gasteiger partial charge in [-0.15, -0.1) is 0 Å². The van der Waals surface area contributed by atoms with Crippen molar-refractivity contribution in [3.05, 3.63) is 65.7 Å². The predicted octanol–water partition coefficient (Wildman–Crippen LogP) is 3.90. The molecular weight excluding hydrogens is 422 g/mol. The van der Waals surface area contributed by atoms with Gasteiger partial charge >= 0.3 is 0 Å². The molecule has 1 atom stereocenters. The Hall–Kier alpha value is -3.81. The van der Waals surface area contributed by atoms with E-state index in [-0.39, 0.29) is 12.3 Å². The maximum absolute atomic E-state index is 12.2. The number of hydrogen-bond donors (Lipinski definition) is 2. The zero-order chi connectivity index (χ0) is 23.8. The van der Waals surface area contributed by atoms with E-state index < -0.39 is 12.0 Å². The van der Waals surface area contributed by atoms with E-state index in [9.17, 15) is 9.59 Å². The predicted molar refractivity (Wildman–Crippen MR) is 124 cm³/mol. The number of ether oxygens (including phenoxy) is 2. The quantitative estimate of drug-likeness (QED) is 0.478. The highest BCUT2D eigenvalue weighted by Gasteiger charge is 2.16. The van der Waals surface area contributed by atoms with Crippen molar-refractivity contribution in [2.24, 2.45) is 0 Å². The summed E-state index contributed by atoms with van der Waals surface area (Å²) in [5, 5.41) is 0. The third-order valence-electron chi connectivity index (χ3n) is 5.05. The van der Waals surface area contributed by atoms with Gasteiger partial charge in [0, 0.05) is 18.4 Å². The monoisotopic (exact) mass is 451 g/mol. The molecule has 0 aliphatic heterocycles. The van der Waals surface area contributed by atoms with E-state index in [4.69, 9.17) is 13.9 Å². The zero-order valence-corrected chi connectivity index (χ0v) is 19.3. The minimum atomic E-state index is -0.796. The van der Waals surface area contributed by atoms with Gasteiger partial charge in [-0.3, -0.25) is 20.4 Å². The highest BCUT2D eigenvalue weighted by Crippen LogP contribution is 2.23. The van der Waals surface area contributed by atoms with E-state index in [0.717, 1.165) is 11.3 Å². The average molecular weight is 452 g/mol. The van der Waals surface area contributed by atoms with Gasteiger partial charge in [-0.05, 0) is 69.2 Å². The number of amides is 2. The Morgan fingerprint density at radius 2 is 1.76 bits per heavy atom. The molecule has 2 N–H and O–H groups in total. The molecule has 3 rings (SSSR count). The van der Waals surface area contributed by atoms with Crippen LogP contribution in [0.2, 0.25) is 0 Å². The highest BCUT2D eigenvalue weighted by molar-refractivity contribution is 5.84. The summed E-state index contributed by atoms with van der Waals surface area (Å²) in [5.74, 6) is 1.53. The molecule has 0 saturated heterocycles. The first-order chi connectivity index (χ1) is 15.9. The molecule has 1 aromatic heterocycles. The molecule has 174 valence electrons.